The fraction of sp³-hybridized carbons (Fsp3) is 0.737. The lowest BCUT2D eigenvalue weighted by molar-refractivity contribution is -0.133. The van der Waals surface area contributed by atoms with Crippen molar-refractivity contribution in [2.45, 2.75) is 44.1 Å². The van der Waals surface area contributed by atoms with Crippen LogP contribution in [0.5, 0.6) is 0 Å². The Morgan fingerprint density at radius 1 is 1.37 bits per heavy atom. The Bertz CT molecular complexity index is 723. The van der Waals surface area contributed by atoms with Gasteiger partial charge < -0.3 is 14.5 Å². The molecule has 27 heavy (non-hydrogen) atoms. The van der Waals surface area contributed by atoms with Crippen molar-refractivity contribution in [1.82, 2.24) is 19.6 Å². The van der Waals surface area contributed by atoms with Gasteiger partial charge in [-0.2, -0.15) is 5.10 Å². The summed E-state index contributed by atoms with van der Waals surface area (Å²) in [5.74, 6) is 0.723. The molecule has 2 aliphatic heterocycles. The molecule has 2 amide bonds. The van der Waals surface area contributed by atoms with Crippen LogP contribution in [0.4, 0.5) is 0 Å². The first kappa shape index (κ1) is 18.7. The fourth-order valence-corrected chi connectivity index (χ4v) is 4.58. The van der Waals surface area contributed by atoms with Gasteiger partial charge in [-0.1, -0.05) is 18.0 Å². The Labute approximate surface area is 164 Å². The number of carbonyl (C=O) groups excluding carboxylic acids is 2. The van der Waals surface area contributed by atoms with Crippen molar-refractivity contribution in [1.29, 1.82) is 0 Å². The molecule has 0 unspecified atom stereocenters. The average molecular weight is 395 g/mol. The summed E-state index contributed by atoms with van der Waals surface area (Å²) >= 11 is 6.13. The predicted octanol–water partition coefficient (Wildman–Crippen LogP) is 2.10. The number of piperidine rings is 1. The number of aromatic nitrogens is 2. The number of halogens is 1. The molecule has 1 aromatic heterocycles. The molecule has 0 aromatic carbocycles. The molecule has 3 fully saturated rings. The van der Waals surface area contributed by atoms with Gasteiger partial charge in [0.2, 0.25) is 5.91 Å². The summed E-state index contributed by atoms with van der Waals surface area (Å²) in [5.41, 5.74) is -0.0284. The summed E-state index contributed by atoms with van der Waals surface area (Å²) in [6, 6.07) is 0. The van der Waals surface area contributed by atoms with Crippen LogP contribution in [0.2, 0.25) is 5.02 Å². The summed E-state index contributed by atoms with van der Waals surface area (Å²) in [5, 5.41) is 4.56. The molecule has 148 valence electrons. The molecule has 0 radical (unpaired) electrons. The highest BCUT2D eigenvalue weighted by Gasteiger charge is 2.42. The Kier molecular flexibility index (Phi) is 5.16. The number of carbonyl (C=O) groups is 2. The van der Waals surface area contributed by atoms with Crippen LogP contribution in [-0.4, -0.2) is 69.8 Å². The molecule has 0 bridgehead atoms. The zero-order valence-corrected chi connectivity index (χ0v) is 16.6. The second kappa shape index (κ2) is 7.43. The van der Waals surface area contributed by atoms with E-state index in [1.807, 2.05) is 4.90 Å². The molecule has 8 heteroatoms. The average Bonchev–Trinajstić information content (AvgIpc) is 2.87. The highest BCUT2D eigenvalue weighted by Crippen LogP contribution is 2.33. The van der Waals surface area contributed by atoms with Crippen molar-refractivity contribution in [3.63, 3.8) is 0 Å². The number of likely N-dealkylation sites (tertiary alicyclic amines) is 1. The lowest BCUT2D eigenvalue weighted by Gasteiger charge is -2.43. The van der Waals surface area contributed by atoms with Gasteiger partial charge in [0, 0.05) is 39.4 Å². The maximum Gasteiger partial charge on any atom is 0.275 e. The summed E-state index contributed by atoms with van der Waals surface area (Å²) in [6.45, 7) is 3.17. The summed E-state index contributed by atoms with van der Waals surface area (Å²) in [6.07, 6.45) is 7.30. The van der Waals surface area contributed by atoms with E-state index in [1.54, 1.807) is 22.8 Å². The van der Waals surface area contributed by atoms with Gasteiger partial charge >= 0.3 is 0 Å². The lowest BCUT2D eigenvalue weighted by atomic mass is 9.84. The van der Waals surface area contributed by atoms with Gasteiger partial charge in [-0.3, -0.25) is 14.3 Å². The normalized spacial score (nSPS) is 23.4. The van der Waals surface area contributed by atoms with E-state index in [2.05, 4.69) is 5.10 Å². The number of ether oxygens (including phenoxy) is 1. The Morgan fingerprint density at radius 2 is 2.11 bits per heavy atom. The molecule has 7 nitrogen and oxygen atoms in total. The standard InChI is InChI=1S/C19H27ClN4O3/c1-22-12-15(20)17(21-22)18(26)23-8-6-19(7-9-23)13-24(11-14-3-2-4-14)16(25)5-10-27-19/h12,14H,2-11,13H2,1H3. The van der Waals surface area contributed by atoms with Gasteiger partial charge in [-0.25, -0.2) is 0 Å². The summed E-state index contributed by atoms with van der Waals surface area (Å²) < 4.78 is 7.74. The number of amides is 2. The molecular formula is C19H27ClN4O3. The zero-order chi connectivity index (χ0) is 19.0. The lowest BCUT2D eigenvalue weighted by Crippen LogP contribution is -2.54. The maximum atomic E-state index is 12.7. The van der Waals surface area contributed by atoms with E-state index in [9.17, 15) is 9.59 Å². The van der Waals surface area contributed by atoms with Crippen molar-refractivity contribution in [3.8, 4) is 0 Å². The van der Waals surface area contributed by atoms with Crippen LogP contribution in [0.3, 0.4) is 0 Å². The minimum atomic E-state index is -0.333. The van der Waals surface area contributed by atoms with Gasteiger partial charge in [0.05, 0.1) is 23.7 Å². The van der Waals surface area contributed by atoms with Gasteiger partial charge in [-0.15, -0.1) is 0 Å². The van der Waals surface area contributed by atoms with E-state index < -0.39 is 0 Å². The minimum Gasteiger partial charge on any atom is -0.372 e. The number of hydrogen-bond donors (Lipinski definition) is 0. The third-order valence-corrected chi connectivity index (χ3v) is 6.48. The quantitative estimate of drug-likeness (QED) is 0.787. The molecule has 1 saturated carbocycles. The molecule has 2 saturated heterocycles. The van der Waals surface area contributed by atoms with Crippen molar-refractivity contribution in [3.05, 3.63) is 16.9 Å². The van der Waals surface area contributed by atoms with Gasteiger partial charge in [0.25, 0.3) is 5.91 Å². The van der Waals surface area contributed by atoms with Crippen molar-refractivity contribution in [2.75, 3.05) is 32.8 Å². The third kappa shape index (κ3) is 3.85. The molecule has 1 aromatic rings. The van der Waals surface area contributed by atoms with E-state index in [1.165, 1.54) is 19.3 Å². The highest BCUT2D eigenvalue weighted by molar-refractivity contribution is 6.33. The molecule has 3 aliphatic rings. The van der Waals surface area contributed by atoms with E-state index in [-0.39, 0.29) is 17.4 Å². The minimum absolute atomic E-state index is 0.133. The highest BCUT2D eigenvalue weighted by atomic mass is 35.5. The number of nitrogens with zero attached hydrogens (tertiary/aromatic N) is 4. The largest absolute Gasteiger partial charge is 0.372 e. The van der Waals surface area contributed by atoms with E-state index in [0.717, 1.165) is 19.4 Å². The first-order chi connectivity index (χ1) is 13.0. The smallest absolute Gasteiger partial charge is 0.275 e. The maximum absolute atomic E-state index is 12.7. The van der Waals surface area contributed by atoms with Crippen molar-refractivity contribution < 1.29 is 14.3 Å². The topological polar surface area (TPSA) is 67.7 Å². The van der Waals surface area contributed by atoms with Crippen LogP contribution in [0, 0.1) is 5.92 Å². The number of rotatable bonds is 3. The summed E-state index contributed by atoms with van der Waals surface area (Å²) in [4.78, 5) is 29.0. The van der Waals surface area contributed by atoms with Crippen LogP contribution in [0.25, 0.3) is 0 Å². The first-order valence-corrected chi connectivity index (χ1v) is 10.2. The Morgan fingerprint density at radius 3 is 2.70 bits per heavy atom. The van der Waals surface area contributed by atoms with Crippen LogP contribution >= 0.6 is 11.6 Å². The molecule has 4 rings (SSSR count). The van der Waals surface area contributed by atoms with E-state index in [0.29, 0.717) is 49.3 Å². The Hall–Kier alpha value is -1.60. The number of aryl methyl sites for hydroxylation is 1. The monoisotopic (exact) mass is 394 g/mol. The molecular weight excluding hydrogens is 368 g/mol. The Balaban J connectivity index is 1.41. The van der Waals surface area contributed by atoms with Crippen LogP contribution in [0.15, 0.2) is 6.20 Å². The van der Waals surface area contributed by atoms with Crippen LogP contribution in [-0.2, 0) is 16.6 Å². The van der Waals surface area contributed by atoms with Crippen molar-refractivity contribution >= 4 is 23.4 Å². The fourth-order valence-electron chi connectivity index (χ4n) is 4.32. The van der Waals surface area contributed by atoms with Crippen molar-refractivity contribution in [2.24, 2.45) is 13.0 Å². The molecule has 1 aliphatic carbocycles. The molecule has 0 N–H and O–H groups in total. The molecule has 3 heterocycles. The predicted molar refractivity (Wildman–Crippen MR) is 101 cm³/mol. The zero-order valence-electron chi connectivity index (χ0n) is 15.8. The summed E-state index contributed by atoms with van der Waals surface area (Å²) in [7, 11) is 1.75. The molecule has 0 atom stereocenters. The SMILES string of the molecule is Cn1cc(Cl)c(C(=O)N2CCC3(CC2)CN(CC2CCC2)C(=O)CCO3)n1. The second-order valence-electron chi connectivity index (χ2n) is 8.14. The van der Waals surface area contributed by atoms with E-state index in [4.69, 9.17) is 16.3 Å². The van der Waals surface area contributed by atoms with Gasteiger partial charge in [0.1, 0.15) is 0 Å². The van der Waals surface area contributed by atoms with Crippen LogP contribution < -0.4 is 0 Å². The third-order valence-electron chi connectivity index (χ3n) is 6.21. The van der Waals surface area contributed by atoms with Crippen LogP contribution in [0.1, 0.15) is 49.0 Å². The van der Waals surface area contributed by atoms with Gasteiger partial charge in [0.15, 0.2) is 5.69 Å². The molecule has 1 spiro atoms. The first-order valence-electron chi connectivity index (χ1n) is 9.86. The van der Waals surface area contributed by atoms with E-state index >= 15 is 0 Å². The number of hydrogen-bond acceptors (Lipinski definition) is 4. The van der Waals surface area contributed by atoms with Gasteiger partial charge in [-0.05, 0) is 31.6 Å². The second-order valence-corrected chi connectivity index (χ2v) is 8.55.